The molecule has 2 heterocycles. The molecule has 3 amide bonds. The highest BCUT2D eigenvalue weighted by Crippen LogP contribution is 2.09. The van der Waals surface area contributed by atoms with Gasteiger partial charge in [0.2, 0.25) is 5.91 Å². The Kier molecular flexibility index (Phi) is 4.97. The maximum Gasteiger partial charge on any atom is 0.315 e. The van der Waals surface area contributed by atoms with Gasteiger partial charge in [0.25, 0.3) is 0 Å². The van der Waals surface area contributed by atoms with Crippen LogP contribution in [-0.4, -0.2) is 52.1 Å². The fraction of sp³-hybridized carbons (Fsp3) is 0.615. The summed E-state index contributed by atoms with van der Waals surface area (Å²) in [6.45, 7) is 4.28. The lowest BCUT2D eigenvalue weighted by atomic mass is 10.1. The van der Waals surface area contributed by atoms with Crippen molar-refractivity contribution in [2.24, 2.45) is 0 Å². The van der Waals surface area contributed by atoms with Gasteiger partial charge in [0.05, 0.1) is 6.33 Å². The highest BCUT2D eigenvalue weighted by molar-refractivity contribution is 5.74. The van der Waals surface area contributed by atoms with Gasteiger partial charge in [-0.05, 0) is 12.8 Å². The lowest BCUT2D eigenvalue weighted by Gasteiger charge is -2.31. The summed E-state index contributed by atoms with van der Waals surface area (Å²) in [7, 11) is 0. The molecule has 2 rings (SSSR count). The number of likely N-dealkylation sites (tertiary alicyclic amines) is 1. The molecule has 1 aliphatic rings. The first-order valence-corrected chi connectivity index (χ1v) is 6.91. The van der Waals surface area contributed by atoms with E-state index in [1.165, 1.54) is 0 Å². The van der Waals surface area contributed by atoms with Crippen LogP contribution in [0.2, 0.25) is 0 Å². The lowest BCUT2D eigenvalue weighted by Crippen LogP contribution is -2.49. The van der Waals surface area contributed by atoms with Gasteiger partial charge in [-0.1, -0.05) is 0 Å². The van der Waals surface area contributed by atoms with Gasteiger partial charge in [0.15, 0.2) is 0 Å². The number of carbonyl (C=O) groups is 2. The van der Waals surface area contributed by atoms with Crippen molar-refractivity contribution in [3.8, 4) is 0 Å². The van der Waals surface area contributed by atoms with Crippen LogP contribution in [0.15, 0.2) is 18.7 Å². The van der Waals surface area contributed by atoms with Crippen LogP contribution in [0, 0.1) is 0 Å². The minimum absolute atomic E-state index is 0.105. The number of urea groups is 1. The maximum absolute atomic E-state index is 11.7. The van der Waals surface area contributed by atoms with Gasteiger partial charge in [-0.2, -0.15) is 0 Å². The second-order valence-corrected chi connectivity index (χ2v) is 4.98. The van der Waals surface area contributed by atoms with Crippen LogP contribution >= 0.6 is 0 Å². The van der Waals surface area contributed by atoms with E-state index in [1.807, 2.05) is 15.7 Å². The Morgan fingerprint density at radius 2 is 2.10 bits per heavy atom. The summed E-state index contributed by atoms with van der Waals surface area (Å²) in [5.41, 5.74) is 0. The Hall–Kier alpha value is -2.05. The van der Waals surface area contributed by atoms with E-state index in [0.717, 1.165) is 25.9 Å². The lowest BCUT2D eigenvalue weighted by molar-refractivity contribution is -0.129. The number of amides is 3. The van der Waals surface area contributed by atoms with Crippen LogP contribution in [0.25, 0.3) is 0 Å². The summed E-state index contributed by atoms with van der Waals surface area (Å²) in [6.07, 6.45) is 6.92. The van der Waals surface area contributed by atoms with Crippen molar-refractivity contribution in [1.29, 1.82) is 0 Å². The zero-order valence-corrected chi connectivity index (χ0v) is 11.7. The molecular weight excluding hydrogens is 258 g/mol. The van der Waals surface area contributed by atoms with Gasteiger partial charge in [-0.15, -0.1) is 0 Å². The van der Waals surface area contributed by atoms with Crippen LogP contribution in [0.4, 0.5) is 4.79 Å². The Morgan fingerprint density at radius 1 is 1.35 bits per heavy atom. The molecule has 0 unspecified atom stereocenters. The SMILES string of the molecule is CC(=O)N1CCC(NC(=O)NCCn2ccnc2)CC1. The fourth-order valence-electron chi connectivity index (χ4n) is 2.29. The van der Waals surface area contributed by atoms with E-state index in [0.29, 0.717) is 13.1 Å². The average molecular weight is 279 g/mol. The summed E-state index contributed by atoms with van der Waals surface area (Å²) in [6, 6.07) is 0.00485. The highest BCUT2D eigenvalue weighted by Gasteiger charge is 2.21. The second-order valence-electron chi connectivity index (χ2n) is 4.98. The van der Waals surface area contributed by atoms with Gasteiger partial charge in [0, 0.05) is 51.5 Å². The number of rotatable bonds is 4. The Bertz CT molecular complexity index is 438. The molecule has 1 aromatic rings. The van der Waals surface area contributed by atoms with Gasteiger partial charge in [0.1, 0.15) is 0 Å². The third-order valence-corrected chi connectivity index (χ3v) is 3.49. The van der Waals surface area contributed by atoms with Crippen molar-refractivity contribution in [3.63, 3.8) is 0 Å². The molecule has 1 aliphatic heterocycles. The summed E-state index contributed by atoms with van der Waals surface area (Å²) in [5.74, 6) is 0.105. The molecule has 0 aliphatic carbocycles. The topological polar surface area (TPSA) is 79.3 Å². The molecule has 1 fully saturated rings. The number of piperidine rings is 1. The zero-order chi connectivity index (χ0) is 14.4. The summed E-state index contributed by atoms with van der Waals surface area (Å²) >= 11 is 0. The van der Waals surface area contributed by atoms with E-state index in [9.17, 15) is 9.59 Å². The molecule has 7 nitrogen and oxygen atoms in total. The monoisotopic (exact) mass is 279 g/mol. The second kappa shape index (κ2) is 6.93. The molecule has 1 aromatic heterocycles. The normalized spacial score (nSPS) is 15.9. The van der Waals surface area contributed by atoms with Crippen molar-refractivity contribution in [1.82, 2.24) is 25.1 Å². The molecule has 20 heavy (non-hydrogen) atoms. The molecule has 0 aromatic carbocycles. The first-order valence-electron chi connectivity index (χ1n) is 6.91. The molecule has 0 bridgehead atoms. The molecule has 2 N–H and O–H groups in total. The number of nitrogens with one attached hydrogen (secondary N) is 2. The average Bonchev–Trinajstić information content (AvgIpc) is 2.92. The summed E-state index contributed by atoms with van der Waals surface area (Å²) in [5, 5.41) is 5.77. The standard InChI is InChI=1S/C13H21N5O2/c1-11(19)18-6-2-12(3-7-18)16-13(20)15-5-9-17-8-4-14-10-17/h4,8,10,12H,2-3,5-7,9H2,1H3,(H2,15,16,20). The fourth-order valence-corrected chi connectivity index (χ4v) is 2.29. The van der Waals surface area contributed by atoms with E-state index in [-0.39, 0.29) is 18.0 Å². The van der Waals surface area contributed by atoms with Crippen molar-refractivity contribution < 1.29 is 9.59 Å². The highest BCUT2D eigenvalue weighted by atomic mass is 16.2. The predicted octanol–water partition coefficient (Wildman–Crippen LogP) is 0.193. The molecular formula is C13H21N5O2. The molecule has 0 saturated carbocycles. The number of imidazole rings is 1. The minimum Gasteiger partial charge on any atom is -0.343 e. The summed E-state index contributed by atoms with van der Waals surface area (Å²) in [4.78, 5) is 28.7. The van der Waals surface area contributed by atoms with Crippen molar-refractivity contribution >= 4 is 11.9 Å². The maximum atomic E-state index is 11.7. The first-order chi connectivity index (χ1) is 9.65. The largest absolute Gasteiger partial charge is 0.343 e. The van der Waals surface area contributed by atoms with Gasteiger partial charge < -0.3 is 20.1 Å². The van der Waals surface area contributed by atoms with E-state index < -0.39 is 0 Å². The molecule has 1 saturated heterocycles. The minimum atomic E-state index is -0.147. The van der Waals surface area contributed by atoms with E-state index in [4.69, 9.17) is 0 Å². The van der Waals surface area contributed by atoms with Gasteiger partial charge in [-0.25, -0.2) is 9.78 Å². The van der Waals surface area contributed by atoms with E-state index in [1.54, 1.807) is 19.4 Å². The van der Waals surface area contributed by atoms with Crippen LogP contribution < -0.4 is 10.6 Å². The number of hydrogen-bond acceptors (Lipinski definition) is 3. The number of carbonyl (C=O) groups excluding carboxylic acids is 2. The third-order valence-electron chi connectivity index (χ3n) is 3.49. The molecule has 7 heteroatoms. The first kappa shape index (κ1) is 14.4. The molecule has 0 radical (unpaired) electrons. The van der Waals surface area contributed by atoms with Gasteiger partial charge in [-0.3, -0.25) is 4.79 Å². The van der Waals surface area contributed by atoms with E-state index >= 15 is 0 Å². The third kappa shape index (κ3) is 4.25. The predicted molar refractivity (Wildman–Crippen MR) is 74.0 cm³/mol. The smallest absolute Gasteiger partial charge is 0.315 e. The van der Waals surface area contributed by atoms with Crippen molar-refractivity contribution in [3.05, 3.63) is 18.7 Å². The number of aromatic nitrogens is 2. The molecule has 110 valence electrons. The Labute approximate surface area is 118 Å². The zero-order valence-electron chi connectivity index (χ0n) is 11.7. The van der Waals surface area contributed by atoms with Crippen LogP contribution in [0.3, 0.4) is 0 Å². The van der Waals surface area contributed by atoms with E-state index in [2.05, 4.69) is 15.6 Å². The number of hydrogen-bond donors (Lipinski definition) is 2. The van der Waals surface area contributed by atoms with Crippen LogP contribution in [0.1, 0.15) is 19.8 Å². The van der Waals surface area contributed by atoms with Crippen molar-refractivity contribution in [2.75, 3.05) is 19.6 Å². The molecule has 0 atom stereocenters. The summed E-state index contributed by atoms with van der Waals surface area (Å²) < 4.78 is 1.91. The number of nitrogens with zero attached hydrogens (tertiary/aromatic N) is 3. The Balaban J connectivity index is 1.61. The van der Waals surface area contributed by atoms with Gasteiger partial charge >= 0.3 is 6.03 Å². The van der Waals surface area contributed by atoms with Crippen molar-refractivity contribution in [2.45, 2.75) is 32.4 Å². The van der Waals surface area contributed by atoms with Crippen LogP contribution in [-0.2, 0) is 11.3 Å². The molecule has 0 spiro atoms. The quantitative estimate of drug-likeness (QED) is 0.826. The Morgan fingerprint density at radius 3 is 2.70 bits per heavy atom. The van der Waals surface area contributed by atoms with Crippen LogP contribution in [0.5, 0.6) is 0 Å².